The minimum Gasteiger partial charge on any atom is -0.469 e. The van der Waals surface area contributed by atoms with E-state index in [2.05, 4.69) is 13.8 Å². The second kappa shape index (κ2) is 6.51. The van der Waals surface area contributed by atoms with E-state index >= 15 is 0 Å². The van der Waals surface area contributed by atoms with Gasteiger partial charge in [-0.15, -0.1) is 0 Å². The van der Waals surface area contributed by atoms with Crippen LogP contribution >= 0.6 is 0 Å². The second-order valence-electron chi connectivity index (χ2n) is 6.57. The molecular weight excluding hydrogens is 256 g/mol. The quantitative estimate of drug-likeness (QED) is 0.727. The summed E-state index contributed by atoms with van der Waals surface area (Å²) < 4.78 is 4.81. The molecule has 1 unspecified atom stereocenters. The summed E-state index contributed by atoms with van der Waals surface area (Å²) in [5, 5.41) is 0. The fourth-order valence-electron chi connectivity index (χ4n) is 3.13. The third kappa shape index (κ3) is 3.47. The Morgan fingerprint density at radius 3 is 2.40 bits per heavy atom. The Morgan fingerprint density at radius 2 is 2.00 bits per heavy atom. The number of esters is 1. The van der Waals surface area contributed by atoms with Crippen LogP contribution in [0.4, 0.5) is 0 Å². The lowest BCUT2D eigenvalue weighted by molar-refractivity contribution is -0.158. The van der Waals surface area contributed by atoms with Crippen LogP contribution in [0.1, 0.15) is 53.4 Å². The highest BCUT2D eigenvalue weighted by atomic mass is 16.5. The fourth-order valence-corrected chi connectivity index (χ4v) is 3.13. The van der Waals surface area contributed by atoms with Crippen LogP contribution in [0.25, 0.3) is 0 Å². The maximum atomic E-state index is 12.6. The molecule has 1 fully saturated rings. The van der Waals surface area contributed by atoms with E-state index in [0.29, 0.717) is 24.7 Å². The van der Waals surface area contributed by atoms with Crippen LogP contribution in [0.3, 0.4) is 0 Å². The van der Waals surface area contributed by atoms with Gasteiger partial charge in [-0.1, -0.05) is 20.8 Å². The van der Waals surface area contributed by atoms with E-state index in [0.717, 1.165) is 6.42 Å². The molecule has 1 rings (SSSR count). The van der Waals surface area contributed by atoms with Gasteiger partial charge in [-0.05, 0) is 31.6 Å². The third-order valence-electron chi connectivity index (χ3n) is 4.81. The molecule has 0 bridgehead atoms. The lowest BCUT2D eigenvalue weighted by Crippen LogP contribution is -2.45. The van der Waals surface area contributed by atoms with Gasteiger partial charge in [0.25, 0.3) is 0 Å². The number of rotatable bonds is 5. The van der Waals surface area contributed by atoms with Crippen LogP contribution in [0.15, 0.2) is 0 Å². The Hall–Kier alpha value is -1.19. The van der Waals surface area contributed by atoms with Crippen LogP contribution < -0.4 is 0 Å². The van der Waals surface area contributed by atoms with E-state index < -0.39 is 17.3 Å². The predicted molar refractivity (Wildman–Crippen MR) is 76.1 cm³/mol. The van der Waals surface area contributed by atoms with Gasteiger partial charge in [0.15, 0.2) is 0 Å². The Kier molecular flexibility index (Phi) is 5.49. The van der Waals surface area contributed by atoms with Gasteiger partial charge in [-0.25, -0.2) is 0 Å². The fraction of sp³-hybridized carbons (Fsp3) is 0.812. The van der Waals surface area contributed by atoms with Crippen molar-refractivity contribution in [2.24, 2.45) is 23.2 Å². The van der Waals surface area contributed by atoms with Crippen molar-refractivity contribution < 1.29 is 19.1 Å². The van der Waals surface area contributed by atoms with Crippen molar-refractivity contribution >= 4 is 17.5 Å². The van der Waals surface area contributed by atoms with Gasteiger partial charge in [-0.3, -0.25) is 9.59 Å². The Morgan fingerprint density at radius 1 is 1.40 bits per heavy atom. The number of carbonyl (C=O) groups is 3. The average Bonchev–Trinajstić information content (AvgIpc) is 2.37. The number of hydrogen-bond acceptors (Lipinski definition) is 4. The molecule has 0 amide bonds. The highest BCUT2D eigenvalue weighted by Gasteiger charge is 2.48. The molecule has 0 aromatic heterocycles. The summed E-state index contributed by atoms with van der Waals surface area (Å²) in [7, 11) is 1.31. The Bertz CT molecular complexity index is 399. The molecule has 0 saturated heterocycles. The highest BCUT2D eigenvalue weighted by Crippen LogP contribution is 2.45. The number of ether oxygens (including phenoxy) is 1. The lowest BCUT2D eigenvalue weighted by atomic mass is 9.61. The minimum absolute atomic E-state index is 0.0830. The van der Waals surface area contributed by atoms with E-state index in [1.807, 2.05) is 6.92 Å². The minimum atomic E-state index is -0.760. The second-order valence-corrected chi connectivity index (χ2v) is 6.57. The molecule has 0 spiro atoms. The lowest BCUT2D eigenvalue weighted by Gasteiger charge is -2.41. The molecule has 4 heteroatoms. The van der Waals surface area contributed by atoms with E-state index in [4.69, 9.17) is 4.74 Å². The number of Topliss-reactive ketones (excluding diaryl/α,β-unsaturated/α-hetero) is 2. The van der Waals surface area contributed by atoms with Gasteiger partial charge in [-0.2, -0.15) is 0 Å². The molecule has 0 N–H and O–H groups in total. The van der Waals surface area contributed by atoms with Crippen LogP contribution in [-0.2, 0) is 19.1 Å². The van der Waals surface area contributed by atoms with Crippen molar-refractivity contribution in [2.45, 2.75) is 53.4 Å². The van der Waals surface area contributed by atoms with Crippen LogP contribution in [0.2, 0.25) is 0 Å². The Labute approximate surface area is 121 Å². The van der Waals surface area contributed by atoms with Crippen molar-refractivity contribution in [1.29, 1.82) is 0 Å². The zero-order chi connectivity index (χ0) is 15.5. The van der Waals surface area contributed by atoms with Crippen molar-refractivity contribution in [2.75, 3.05) is 7.11 Å². The van der Waals surface area contributed by atoms with Crippen molar-refractivity contribution in [3.05, 3.63) is 0 Å². The monoisotopic (exact) mass is 282 g/mol. The van der Waals surface area contributed by atoms with Gasteiger partial charge in [0.05, 0.1) is 13.0 Å². The number of methoxy groups -OCH3 is 1. The van der Waals surface area contributed by atoms with Crippen LogP contribution in [-0.4, -0.2) is 24.6 Å². The molecule has 1 aliphatic rings. The molecular formula is C16H26O4. The molecule has 4 nitrogen and oxygen atoms in total. The van der Waals surface area contributed by atoms with Gasteiger partial charge in [0.2, 0.25) is 0 Å². The molecule has 0 aromatic rings. The first kappa shape index (κ1) is 16.9. The maximum Gasteiger partial charge on any atom is 0.310 e. The molecule has 1 saturated carbocycles. The normalized spacial score (nSPS) is 28.3. The number of hydrogen-bond donors (Lipinski definition) is 0. The molecule has 3 atom stereocenters. The summed E-state index contributed by atoms with van der Waals surface area (Å²) in [4.78, 5) is 36.0. The highest BCUT2D eigenvalue weighted by molar-refractivity contribution is 5.93. The van der Waals surface area contributed by atoms with Crippen LogP contribution in [0.5, 0.6) is 0 Å². The summed E-state index contributed by atoms with van der Waals surface area (Å²) in [6.07, 6.45) is 2.16. The summed E-state index contributed by atoms with van der Waals surface area (Å²) >= 11 is 0. The standard InChI is InChI=1S/C16H26O4/c1-10(2)12-6-7-16(4,14(18)9-12)13(8-11(3)17)15(19)20-5/h10,12-13H,6-9H2,1-5H3/t12-,13?,16+/m1/s1. The van der Waals surface area contributed by atoms with Gasteiger partial charge >= 0.3 is 5.97 Å². The van der Waals surface area contributed by atoms with Gasteiger partial charge < -0.3 is 9.53 Å². The van der Waals surface area contributed by atoms with Gasteiger partial charge in [0, 0.05) is 18.3 Å². The van der Waals surface area contributed by atoms with E-state index in [1.165, 1.54) is 14.0 Å². The van der Waals surface area contributed by atoms with Crippen molar-refractivity contribution in [3.63, 3.8) is 0 Å². The molecule has 0 aromatic carbocycles. The predicted octanol–water partition coefficient (Wildman–Crippen LogP) is 2.79. The number of ketones is 2. The van der Waals surface area contributed by atoms with E-state index in [-0.39, 0.29) is 18.0 Å². The summed E-state index contributed by atoms with van der Waals surface area (Å²) in [6.45, 7) is 7.50. The smallest absolute Gasteiger partial charge is 0.310 e. The molecule has 1 aliphatic carbocycles. The molecule has 0 aliphatic heterocycles. The SMILES string of the molecule is COC(=O)C(CC(C)=O)[C@]1(C)CC[C@@H](C(C)C)CC1=O. The average molecular weight is 282 g/mol. The largest absolute Gasteiger partial charge is 0.469 e. The first-order chi connectivity index (χ1) is 9.22. The maximum absolute atomic E-state index is 12.6. The van der Waals surface area contributed by atoms with Crippen molar-refractivity contribution in [3.8, 4) is 0 Å². The van der Waals surface area contributed by atoms with Crippen LogP contribution in [0, 0.1) is 23.2 Å². The first-order valence-corrected chi connectivity index (χ1v) is 7.33. The van der Waals surface area contributed by atoms with E-state index in [1.54, 1.807) is 0 Å². The summed E-state index contributed by atoms with van der Waals surface area (Å²) in [6, 6.07) is 0. The van der Waals surface area contributed by atoms with Gasteiger partial charge in [0.1, 0.15) is 11.6 Å². The van der Waals surface area contributed by atoms with Crippen molar-refractivity contribution in [1.82, 2.24) is 0 Å². The number of carbonyl (C=O) groups excluding carboxylic acids is 3. The molecule has 114 valence electrons. The Balaban J connectivity index is 2.97. The summed E-state index contributed by atoms with van der Waals surface area (Å²) in [5.74, 6) is -0.233. The molecule has 20 heavy (non-hydrogen) atoms. The molecule has 0 radical (unpaired) electrons. The first-order valence-electron chi connectivity index (χ1n) is 7.33. The summed E-state index contributed by atoms with van der Waals surface area (Å²) in [5.41, 5.74) is -0.760. The molecule has 0 heterocycles. The zero-order valence-corrected chi connectivity index (χ0v) is 13.2. The topological polar surface area (TPSA) is 60.4 Å². The van der Waals surface area contributed by atoms with E-state index in [9.17, 15) is 14.4 Å². The zero-order valence-electron chi connectivity index (χ0n) is 13.2. The third-order valence-corrected chi connectivity index (χ3v) is 4.81.